The van der Waals surface area contributed by atoms with Crippen molar-refractivity contribution in [3.05, 3.63) is 24.3 Å². The van der Waals surface area contributed by atoms with Crippen LogP contribution >= 0.6 is 0 Å². The van der Waals surface area contributed by atoms with E-state index in [0.29, 0.717) is 0 Å². The van der Waals surface area contributed by atoms with Crippen molar-refractivity contribution in [3.63, 3.8) is 0 Å². The van der Waals surface area contributed by atoms with E-state index in [2.05, 4.69) is 4.74 Å². The number of nitrogens with one attached hydrogen (secondary N) is 1. The van der Waals surface area contributed by atoms with Crippen molar-refractivity contribution in [2.75, 3.05) is 0 Å². The second-order valence-electron chi connectivity index (χ2n) is 2.04. The van der Waals surface area contributed by atoms with E-state index < -0.39 is 12.1 Å². The maximum absolute atomic E-state index is 11.6. The monoisotopic (exact) mass is 176 g/mol. The summed E-state index contributed by atoms with van der Waals surface area (Å²) in [6, 6.07) is 5.15. The number of benzene rings is 1. The number of hydrogen-bond acceptors (Lipinski definition) is 1. The second kappa shape index (κ2) is 2.92. The van der Waals surface area contributed by atoms with Gasteiger partial charge in [0, 0.05) is 0 Å². The number of hydrogen-bond donors (Lipinski definition) is 0. The second-order valence-corrected chi connectivity index (χ2v) is 2.04. The molecule has 0 spiro atoms. The van der Waals surface area contributed by atoms with Gasteiger partial charge in [-0.3, -0.25) is 5.73 Å². The molecule has 2 nitrogen and oxygen atoms in total. The first-order chi connectivity index (χ1) is 5.49. The Morgan fingerprint density at radius 1 is 1.17 bits per heavy atom. The Morgan fingerprint density at radius 3 is 2.25 bits per heavy atom. The minimum atomic E-state index is -4.73. The third-order valence-corrected chi connectivity index (χ3v) is 1.11. The van der Waals surface area contributed by atoms with Gasteiger partial charge in [-0.1, -0.05) is 12.1 Å². The summed E-state index contributed by atoms with van der Waals surface area (Å²) in [5.74, 6) is -0.481. The molecule has 0 aliphatic carbocycles. The average molecular weight is 176 g/mol. The normalized spacial score (nSPS) is 11.2. The van der Waals surface area contributed by atoms with E-state index in [-0.39, 0.29) is 5.69 Å². The SMILES string of the molecule is [NH]c1ccccc1OC(F)(F)F. The van der Waals surface area contributed by atoms with E-state index >= 15 is 0 Å². The van der Waals surface area contributed by atoms with Crippen LogP contribution in [0.5, 0.6) is 5.75 Å². The van der Waals surface area contributed by atoms with Crippen LogP contribution in [0.15, 0.2) is 24.3 Å². The van der Waals surface area contributed by atoms with Crippen LogP contribution in [0.1, 0.15) is 0 Å². The number of alkyl halides is 3. The van der Waals surface area contributed by atoms with Crippen LogP contribution in [-0.2, 0) is 0 Å². The number of para-hydroxylation sites is 1. The molecule has 65 valence electrons. The number of halogens is 3. The summed E-state index contributed by atoms with van der Waals surface area (Å²) < 4.78 is 38.4. The van der Waals surface area contributed by atoms with Crippen LogP contribution in [-0.4, -0.2) is 6.36 Å². The van der Waals surface area contributed by atoms with Crippen LogP contribution in [0, 0.1) is 0 Å². The molecule has 0 atom stereocenters. The topological polar surface area (TPSA) is 33.0 Å². The van der Waals surface area contributed by atoms with E-state index in [1.54, 1.807) is 0 Å². The van der Waals surface area contributed by atoms with Gasteiger partial charge >= 0.3 is 6.36 Å². The highest BCUT2D eigenvalue weighted by atomic mass is 19.4. The minimum Gasteiger partial charge on any atom is -0.404 e. The molecule has 5 heteroatoms. The van der Waals surface area contributed by atoms with Gasteiger partial charge in [-0.2, -0.15) is 0 Å². The van der Waals surface area contributed by atoms with Gasteiger partial charge in [0.1, 0.15) is 0 Å². The first-order valence-corrected chi connectivity index (χ1v) is 3.05. The fourth-order valence-electron chi connectivity index (χ4n) is 0.680. The van der Waals surface area contributed by atoms with Crippen molar-refractivity contribution in [2.45, 2.75) is 6.36 Å². The maximum atomic E-state index is 11.6. The lowest BCUT2D eigenvalue weighted by atomic mass is 10.3. The van der Waals surface area contributed by atoms with Gasteiger partial charge in [-0.15, -0.1) is 13.2 Å². The molecule has 0 saturated carbocycles. The zero-order valence-corrected chi connectivity index (χ0v) is 5.85. The molecule has 0 aliphatic heterocycles. The fourth-order valence-corrected chi connectivity index (χ4v) is 0.680. The van der Waals surface area contributed by atoms with Crippen molar-refractivity contribution in [3.8, 4) is 5.75 Å². The summed E-state index contributed by atoms with van der Waals surface area (Å²) in [7, 11) is 0. The summed E-state index contributed by atoms with van der Waals surface area (Å²) in [4.78, 5) is 0. The summed E-state index contributed by atoms with van der Waals surface area (Å²) in [6.07, 6.45) is -4.73. The molecule has 0 aliphatic rings. The van der Waals surface area contributed by atoms with Gasteiger partial charge < -0.3 is 4.74 Å². The van der Waals surface area contributed by atoms with Crippen molar-refractivity contribution >= 4 is 5.69 Å². The predicted octanol–water partition coefficient (Wildman–Crippen LogP) is 2.50. The van der Waals surface area contributed by atoms with Gasteiger partial charge in [0.25, 0.3) is 0 Å². The molecule has 1 rings (SSSR count). The molecular formula is C7H5F3NO. The molecule has 0 amide bonds. The number of rotatable bonds is 1. The predicted molar refractivity (Wildman–Crippen MR) is 35.9 cm³/mol. The lowest BCUT2D eigenvalue weighted by Gasteiger charge is -2.09. The van der Waals surface area contributed by atoms with Crippen molar-refractivity contribution in [1.29, 1.82) is 0 Å². The van der Waals surface area contributed by atoms with E-state index in [9.17, 15) is 13.2 Å². The van der Waals surface area contributed by atoms with Crippen LogP contribution in [0.2, 0.25) is 0 Å². The highest BCUT2D eigenvalue weighted by molar-refractivity contribution is 5.48. The Balaban J connectivity index is 2.83. The molecule has 1 radical (unpaired) electrons. The van der Waals surface area contributed by atoms with Gasteiger partial charge in [0.2, 0.25) is 0 Å². The van der Waals surface area contributed by atoms with Crippen molar-refractivity contribution < 1.29 is 17.9 Å². The summed E-state index contributed by atoms with van der Waals surface area (Å²) >= 11 is 0. The molecular weight excluding hydrogens is 171 g/mol. The Kier molecular flexibility index (Phi) is 2.12. The molecule has 1 N–H and O–H groups in total. The third kappa shape index (κ3) is 2.34. The average Bonchev–Trinajstić information content (AvgIpc) is 1.91. The standard InChI is InChI=1S/C7H5F3NO/c8-7(9,10)12-6-4-2-1-3-5(6)11/h1-4,11H. The maximum Gasteiger partial charge on any atom is 0.573 e. The zero-order valence-electron chi connectivity index (χ0n) is 5.85. The van der Waals surface area contributed by atoms with Gasteiger partial charge in [0.15, 0.2) is 5.75 Å². The first-order valence-electron chi connectivity index (χ1n) is 3.05. The molecule has 0 bridgehead atoms. The van der Waals surface area contributed by atoms with Crippen molar-refractivity contribution in [1.82, 2.24) is 5.73 Å². The molecule has 0 saturated heterocycles. The molecule has 0 heterocycles. The van der Waals surface area contributed by atoms with Crippen LogP contribution in [0.25, 0.3) is 0 Å². The lowest BCUT2D eigenvalue weighted by molar-refractivity contribution is -0.274. The molecule has 12 heavy (non-hydrogen) atoms. The van der Waals surface area contributed by atoms with E-state index in [0.717, 1.165) is 6.07 Å². The summed E-state index contributed by atoms with van der Waals surface area (Å²) in [6.45, 7) is 0. The van der Waals surface area contributed by atoms with Gasteiger partial charge in [-0.25, -0.2) is 0 Å². The largest absolute Gasteiger partial charge is 0.573 e. The number of ether oxygens (including phenoxy) is 1. The molecule has 0 aromatic heterocycles. The molecule has 0 unspecified atom stereocenters. The van der Waals surface area contributed by atoms with Crippen LogP contribution < -0.4 is 10.5 Å². The van der Waals surface area contributed by atoms with E-state index in [1.165, 1.54) is 18.2 Å². The summed E-state index contributed by atoms with van der Waals surface area (Å²) in [5, 5.41) is 0. The van der Waals surface area contributed by atoms with Crippen LogP contribution in [0.4, 0.5) is 18.9 Å². The van der Waals surface area contributed by atoms with Crippen LogP contribution in [0.3, 0.4) is 0 Å². The van der Waals surface area contributed by atoms with Gasteiger partial charge in [-0.05, 0) is 12.1 Å². The lowest BCUT2D eigenvalue weighted by Crippen LogP contribution is -2.17. The zero-order chi connectivity index (χ0) is 9.19. The summed E-state index contributed by atoms with van der Waals surface area (Å²) in [5.41, 5.74) is 6.74. The van der Waals surface area contributed by atoms with Gasteiger partial charge in [0.05, 0.1) is 5.69 Å². The smallest absolute Gasteiger partial charge is 0.404 e. The molecule has 0 fully saturated rings. The Labute approximate surface area is 66.7 Å². The third-order valence-electron chi connectivity index (χ3n) is 1.11. The van der Waals surface area contributed by atoms with Crippen molar-refractivity contribution in [2.24, 2.45) is 0 Å². The Hall–Kier alpha value is -1.39. The quantitative estimate of drug-likeness (QED) is 0.647. The first kappa shape index (κ1) is 8.70. The molecule has 1 aromatic rings. The van der Waals surface area contributed by atoms with E-state index in [4.69, 9.17) is 5.73 Å². The molecule has 1 aromatic carbocycles. The Bertz CT molecular complexity index is 272. The van der Waals surface area contributed by atoms with E-state index in [1.807, 2.05) is 0 Å². The minimum absolute atomic E-state index is 0.283. The Morgan fingerprint density at radius 2 is 1.75 bits per heavy atom. The highest BCUT2D eigenvalue weighted by Crippen LogP contribution is 2.28. The highest BCUT2D eigenvalue weighted by Gasteiger charge is 2.31. The fraction of sp³-hybridized carbons (Fsp3) is 0.143.